The number of pyridine rings is 1. The Labute approximate surface area is 133 Å². The molecule has 0 spiro atoms. The number of ketones is 1. The van der Waals surface area contributed by atoms with Crippen LogP contribution in [-0.4, -0.2) is 10.8 Å². The van der Waals surface area contributed by atoms with Crippen LogP contribution in [0.5, 0.6) is 0 Å². The summed E-state index contributed by atoms with van der Waals surface area (Å²) in [5, 5.41) is 5.01. The van der Waals surface area contributed by atoms with Gasteiger partial charge in [0.25, 0.3) is 0 Å². The first-order chi connectivity index (χ1) is 10.6. The molecule has 0 unspecified atom stereocenters. The van der Waals surface area contributed by atoms with E-state index in [-0.39, 0.29) is 5.78 Å². The average Bonchev–Trinajstić information content (AvgIpc) is 2.52. The van der Waals surface area contributed by atoms with E-state index in [4.69, 9.17) is 11.6 Å². The van der Waals surface area contributed by atoms with Gasteiger partial charge in [0.2, 0.25) is 0 Å². The third-order valence-corrected chi connectivity index (χ3v) is 4.09. The van der Waals surface area contributed by atoms with Gasteiger partial charge in [0.05, 0.1) is 5.52 Å². The molecule has 0 saturated heterocycles. The first-order valence-electron chi connectivity index (χ1n) is 6.98. The van der Waals surface area contributed by atoms with Crippen molar-refractivity contribution < 1.29 is 4.79 Å². The summed E-state index contributed by atoms with van der Waals surface area (Å²) >= 11 is 6.16. The summed E-state index contributed by atoms with van der Waals surface area (Å²) in [6.07, 6.45) is 1.74. The highest BCUT2D eigenvalue weighted by Crippen LogP contribution is 2.31. The number of rotatable bonds is 3. The van der Waals surface area contributed by atoms with Gasteiger partial charge >= 0.3 is 0 Å². The Morgan fingerprint density at radius 3 is 2.64 bits per heavy atom. The number of para-hydroxylation sites is 1. The summed E-state index contributed by atoms with van der Waals surface area (Å²) in [5.41, 5.74) is 4.16. The lowest BCUT2D eigenvalue weighted by atomic mass is 10.1. The van der Waals surface area contributed by atoms with Crippen molar-refractivity contribution in [2.75, 3.05) is 5.32 Å². The fourth-order valence-electron chi connectivity index (χ4n) is 2.49. The molecule has 1 aromatic heterocycles. The third-order valence-electron chi connectivity index (χ3n) is 3.68. The molecule has 22 heavy (non-hydrogen) atoms. The number of benzene rings is 2. The Hall–Kier alpha value is -2.39. The van der Waals surface area contributed by atoms with E-state index in [0.717, 1.165) is 27.8 Å². The van der Waals surface area contributed by atoms with Crippen LogP contribution in [0.2, 0.25) is 5.02 Å². The Kier molecular flexibility index (Phi) is 3.82. The van der Waals surface area contributed by atoms with E-state index < -0.39 is 0 Å². The van der Waals surface area contributed by atoms with Gasteiger partial charge in [-0.1, -0.05) is 23.7 Å². The van der Waals surface area contributed by atoms with Crippen molar-refractivity contribution in [3.8, 4) is 0 Å². The Balaban J connectivity index is 2.13. The molecule has 0 amide bonds. The maximum absolute atomic E-state index is 11.7. The molecular formula is C18H15ClN2O. The number of hydrogen-bond acceptors (Lipinski definition) is 3. The van der Waals surface area contributed by atoms with Crippen LogP contribution in [0, 0.1) is 6.92 Å². The second kappa shape index (κ2) is 5.78. The fraction of sp³-hybridized carbons (Fsp3) is 0.111. The number of carbonyl (C=O) groups is 1. The van der Waals surface area contributed by atoms with E-state index in [0.29, 0.717) is 10.6 Å². The lowest BCUT2D eigenvalue weighted by Gasteiger charge is -2.13. The molecule has 3 nitrogen and oxygen atoms in total. The van der Waals surface area contributed by atoms with Crippen LogP contribution in [0.3, 0.4) is 0 Å². The number of halogens is 1. The molecule has 3 aromatic rings. The van der Waals surface area contributed by atoms with Crippen LogP contribution in [0.4, 0.5) is 11.4 Å². The van der Waals surface area contributed by atoms with E-state index in [1.807, 2.05) is 49.4 Å². The number of fused-ring (bicyclic) bond motifs is 1. The van der Waals surface area contributed by atoms with Crippen molar-refractivity contribution in [2.45, 2.75) is 13.8 Å². The highest BCUT2D eigenvalue weighted by Gasteiger charge is 2.10. The second-order valence-corrected chi connectivity index (χ2v) is 5.56. The largest absolute Gasteiger partial charge is 0.354 e. The number of aromatic nitrogens is 1. The normalized spacial score (nSPS) is 10.7. The Morgan fingerprint density at radius 2 is 1.86 bits per heavy atom. The summed E-state index contributed by atoms with van der Waals surface area (Å²) in [7, 11) is 0. The zero-order valence-electron chi connectivity index (χ0n) is 12.4. The van der Waals surface area contributed by atoms with Crippen LogP contribution >= 0.6 is 11.6 Å². The summed E-state index contributed by atoms with van der Waals surface area (Å²) in [4.78, 5) is 16.2. The topological polar surface area (TPSA) is 42.0 Å². The van der Waals surface area contributed by atoms with E-state index in [1.165, 1.54) is 0 Å². The molecule has 110 valence electrons. The quantitative estimate of drug-likeness (QED) is 0.681. The summed E-state index contributed by atoms with van der Waals surface area (Å²) < 4.78 is 0. The number of hydrogen-bond donors (Lipinski definition) is 1. The van der Waals surface area contributed by atoms with Gasteiger partial charge in [0.15, 0.2) is 5.78 Å². The maximum Gasteiger partial charge on any atom is 0.161 e. The number of nitrogens with one attached hydrogen (secondary N) is 1. The molecule has 4 heteroatoms. The lowest BCUT2D eigenvalue weighted by Crippen LogP contribution is -2.01. The molecule has 0 saturated carbocycles. The van der Waals surface area contributed by atoms with Crippen molar-refractivity contribution in [1.82, 2.24) is 4.98 Å². The fourth-order valence-corrected chi connectivity index (χ4v) is 2.64. The van der Waals surface area contributed by atoms with Gasteiger partial charge in [-0.3, -0.25) is 9.78 Å². The zero-order chi connectivity index (χ0) is 15.7. The van der Waals surface area contributed by atoms with Gasteiger partial charge in [-0.2, -0.15) is 0 Å². The highest BCUT2D eigenvalue weighted by atomic mass is 35.5. The molecule has 0 fully saturated rings. The molecule has 0 atom stereocenters. The number of aryl methyl sites for hydroxylation is 1. The number of carbonyl (C=O) groups excluding carboxylic acids is 1. The minimum Gasteiger partial charge on any atom is -0.354 e. The van der Waals surface area contributed by atoms with E-state index in [9.17, 15) is 4.79 Å². The van der Waals surface area contributed by atoms with Gasteiger partial charge in [-0.15, -0.1) is 0 Å². The van der Waals surface area contributed by atoms with Crippen molar-refractivity contribution in [2.24, 2.45) is 0 Å². The predicted molar refractivity (Wildman–Crippen MR) is 91.2 cm³/mol. The van der Waals surface area contributed by atoms with E-state index in [2.05, 4.69) is 10.3 Å². The molecular weight excluding hydrogens is 296 g/mol. The number of nitrogens with zero attached hydrogens (tertiary/aromatic N) is 1. The van der Waals surface area contributed by atoms with Crippen LogP contribution in [0.15, 0.2) is 48.7 Å². The Bertz CT molecular complexity index is 874. The number of Topliss-reactive ketones (excluding diaryl/α,β-unsaturated/α-hetero) is 1. The van der Waals surface area contributed by atoms with Gasteiger partial charge in [-0.25, -0.2) is 0 Å². The first-order valence-corrected chi connectivity index (χ1v) is 7.36. The number of anilines is 2. The predicted octanol–water partition coefficient (Wildman–Crippen LogP) is 5.14. The molecule has 2 aromatic carbocycles. The molecule has 0 aliphatic heterocycles. The smallest absolute Gasteiger partial charge is 0.161 e. The van der Waals surface area contributed by atoms with Crippen molar-refractivity contribution >= 4 is 39.7 Å². The van der Waals surface area contributed by atoms with Crippen molar-refractivity contribution in [1.29, 1.82) is 0 Å². The summed E-state index contributed by atoms with van der Waals surface area (Å²) in [6, 6.07) is 13.2. The van der Waals surface area contributed by atoms with Gasteiger partial charge in [0.1, 0.15) is 0 Å². The van der Waals surface area contributed by atoms with Gasteiger partial charge in [0, 0.05) is 33.5 Å². The summed E-state index contributed by atoms with van der Waals surface area (Å²) in [6.45, 7) is 3.51. The zero-order valence-corrected chi connectivity index (χ0v) is 13.1. The minimum atomic E-state index is 0.0284. The summed E-state index contributed by atoms with van der Waals surface area (Å²) in [5.74, 6) is 0.0284. The first kappa shape index (κ1) is 14.5. The molecule has 0 aliphatic carbocycles. The van der Waals surface area contributed by atoms with E-state index >= 15 is 0 Å². The second-order valence-electron chi connectivity index (χ2n) is 5.15. The van der Waals surface area contributed by atoms with Gasteiger partial charge < -0.3 is 5.32 Å². The standard InChI is InChI=1S/C18H15ClN2O/c1-11-15(19)8-7-14-17(9-10-20-18(11)14)21-16-6-4-3-5-13(16)12(2)22/h3-10H,1-2H3,(H,20,21). The minimum absolute atomic E-state index is 0.0284. The molecule has 0 aliphatic rings. The average molecular weight is 311 g/mol. The molecule has 1 heterocycles. The van der Waals surface area contributed by atoms with Crippen LogP contribution in [0.25, 0.3) is 10.9 Å². The van der Waals surface area contributed by atoms with Crippen molar-refractivity contribution in [3.05, 3.63) is 64.8 Å². The highest BCUT2D eigenvalue weighted by molar-refractivity contribution is 6.32. The third kappa shape index (κ3) is 2.55. The van der Waals surface area contributed by atoms with Gasteiger partial charge in [-0.05, 0) is 49.7 Å². The van der Waals surface area contributed by atoms with E-state index in [1.54, 1.807) is 13.1 Å². The monoisotopic (exact) mass is 310 g/mol. The maximum atomic E-state index is 11.7. The SMILES string of the molecule is CC(=O)c1ccccc1Nc1ccnc2c(C)c(Cl)ccc12. The molecule has 0 radical (unpaired) electrons. The van der Waals surface area contributed by atoms with Crippen molar-refractivity contribution in [3.63, 3.8) is 0 Å². The molecule has 1 N–H and O–H groups in total. The van der Waals surface area contributed by atoms with Crippen LogP contribution in [-0.2, 0) is 0 Å². The van der Waals surface area contributed by atoms with Crippen LogP contribution in [0.1, 0.15) is 22.8 Å². The molecule has 0 bridgehead atoms. The lowest BCUT2D eigenvalue weighted by molar-refractivity contribution is 0.101. The Morgan fingerprint density at radius 1 is 1.09 bits per heavy atom. The molecule has 3 rings (SSSR count). The van der Waals surface area contributed by atoms with Crippen LogP contribution < -0.4 is 5.32 Å².